The monoisotopic (exact) mass is 508 g/mol. The Kier molecular flexibility index (Phi) is 7.99. The minimum absolute atomic E-state index is 0.0128. The van der Waals surface area contributed by atoms with Gasteiger partial charge in [0.1, 0.15) is 5.75 Å². The largest absolute Gasteiger partial charge is 0.497 e. The summed E-state index contributed by atoms with van der Waals surface area (Å²) in [5.74, 6) is 0.932. The van der Waals surface area contributed by atoms with Crippen LogP contribution in [0.3, 0.4) is 0 Å². The van der Waals surface area contributed by atoms with E-state index < -0.39 is 0 Å². The van der Waals surface area contributed by atoms with Gasteiger partial charge in [0.05, 0.1) is 7.11 Å². The molecule has 5 rings (SSSR count). The third-order valence-corrected chi connectivity index (χ3v) is 8.66. The molecule has 0 saturated carbocycles. The standard InChI is InChI=1S/C34H40N2O2/c1-27(37)35-26-34(30-12-5-3-6-13-30,31-14-7-4-8-15-31)20-11-23-36-22-10-9-19-33(36)21-18-28-24-32(38-2)17-16-29(28)25-33/h3-8,12-18,21,24H,9-11,19-20,22-23,25-26H2,1-2H3,(H,35,37). The van der Waals surface area contributed by atoms with Gasteiger partial charge in [-0.05, 0) is 79.6 Å². The van der Waals surface area contributed by atoms with Crippen molar-refractivity contribution in [3.05, 3.63) is 107 Å². The Morgan fingerprint density at radius 3 is 2.37 bits per heavy atom. The van der Waals surface area contributed by atoms with E-state index >= 15 is 0 Å². The lowest BCUT2D eigenvalue weighted by Crippen LogP contribution is -2.53. The summed E-state index contributed by atoms with van der Waals surface area (Å²) >= 11 is 0. The number of methoxy groups -OCH3 is 1. The minimum Gasteiger partial charge on any atom is -0.497 e. The maximum atomic E-state index is 12.1. The number of hydrogen-bond donors (Lipinski definition) is 1. The molecule has 1 atom stereocenters. The smallest absolute Gasteiger partial charge is 0.216 e. The summed E-state index contributed by atoms with van der Waals surface area (Å²) in [4.78, 5) is 14.8. The Labute approximate surface area is 227 Å². The zero-order valence-electron chi connectivity index (χ0n) is 22.8. The highest BCUT2D eigenvalue weighted by Gasteiger charge is 2.40. The number of fused-ring (bicyclic) bond motifs is 1. The molecule has 0 aromatic heterocycles. The second-order valence-electron chi connectivity index (χ2n) is 11.0. The second-order valence-corrected chi connectivity index (χ2v) is 11.0. The van der Waals surface area contributed by atoms with Gasteiger partial charge in [0.2, 0.25) is 5.91 Å². The third kappa shape index (κ3) is 5.42. The third-order valence-electron chi connectivity index (χ3n) is 8.66. The van der Waals surface area contributed by atoms with E-state index in [1.54, 1.807) is 14.0 Å². The number of likely N-dealkylation sites (tertiary alicyclic amines) is 1. The number of nitrogens with one attached hydrogen (secondary N) is 1. The van der Waals surface area contributed by atoms with Crippen LogP contribution >= 0.6 is 0 Å². The number of rotatable bonds is 9. The molecule has 1 saturated heterocycles. The molecule has 4 nitrogen and oxygen atoms in total. The Morgan fingerprint density at radius 2 is 1.71 bits per heavy atom. The van der Waals surface area contributed by atoms with E-state index in [1.807, 2.05) is 0 Å². The lowest BCUT2D eigenvalue weighted by molar-refractivity contribution is -0.119. The number of hydrogen-bond acceptors (Lipinski definition) is 3. The number of benzene rings is 3. The molecule has 1 heterocycles. The second kappa shape index (κ2) is 11.6. The zero-order chi connectivity index (χ0) is 26.4. The first-order valence-electron chi connectivity index (χ1n) is 14.0. The number of carbonyl (C=O) groups is 1. The number of carbonyl (C=O) groups excluding carboxylic acids is 1. The highest BCUT2D eigenvalue weighted by atomic mass is 16.5. The zero-order valence-corrected chi connectivity index (χ0v) is 22.8. The molecular formula is C34H40N2O2. The van der Waals surface area contributed by atoms with Gasteiger partial charge in [-0.3, -0.25) is 9.69 Å². The first-order valence-corrected chi connectivity index (χ1v) is 14.0. The summed E-state index contributed by atoms with van der Waals surface area (Å²) in [5.41, 5.74) is 5.02. The average molecular weight is 509 g/mol. The summed E-state index contributed by atoms with van der Waals surface area (Å²) in [6.07, 6.45) is 11.6. The fourth-order valence-corrected chi connectivity index (χ4v) is 6.60. The van der Waals surface area contributed by atoms with Crippen molar-refractivity contribution in [2.45, 2.75) is 56.4 Å². The van der Waals surface area contributed by atoms with Gasteiger partial charge in [0.25, 0.3) is 0 Å². The van der Waals surface area contributed by atoms with Gasteiger partial charge in [0.15, 0.2) is 0 Å². The van der Waals surface area contributed by atoms with Crippen LogP contribution in [0.25, 0.3) is 6.08 Å². The van der Waals surface area contributed by atoms with Crippen molar-refractivity contribution in [2.75, 3.05) is 26.7 Å². The van der Waals surface area contributed by atoms with Crippen molar-refractivity contribution >= 4 is 12.0 Å². The minimum atomic E-state index is -0.275. The maximum Gasteiger partial charge on any atom is 0.216 e. The van der Waals surface area contributed by atoms with E-state index in [4.69, 9.17) is 4.74 Å². The Hall–Kier alpha value is -3.37. The molecule has 38 heavy (non-hydrogen) atoms. The van der Waals surface area contributed by atoms with Crippen molar-refractivity contribution in [1.29, 1.82) is 0 Å². The van der Waals surface area contributed by atoms with Crippen LogP contribution in [0.2, 0.25) is 0 Å². The van der Waals surface area contributed by atoms with Crippen LogP contribution in [-0.2, 0) is 16.6 Å². The van der Waals surface area contributed by atoms with Crippen molar-refractivity contribution in [3.8, 4) is 5.75 Å². The predicted molar refractivity (Wildman–Crippen MR) is 155 cm³/mol. The number of amides is 1. The van der Waals surface area contributed by atoms with Gasteiger partial charge in [-0.2, -0.15) is 0 Å². The molecule has 3 aromatic rings. The Morgan fingerprint density at radius 1 is 1.00 bits per heavy atom. The molecule has 1 aliphatic heterocycles. The van der Waals surface area contributed by atoms with Crippen molar-refractivity contribution in [2.24, 2.45) is 0 Å². The summed E-state index contributed by atoms with van der Waals surface area (Å²) in [6.45, 7) is 4.38. The molecule has 3 aromatic carbocycles. The van der Waals surface area contributed by atoms with Crippen LogP contribution in [-0.4, -0.2) is 43.1 Å². The first kappa shape index (κ1) is 26.2. The molecule has 1 aliphatic carbocycles. The van der Waals surface area contributed by atoms with E-state index in [0.717, 1.165) is 38.1 Å². The number of nitrogens with zero attached hydrogens (tertiary/aromatic N) is 1. The van der Waals surface area contributed by atoms with E-state index in [-0.39, 0.29) is 16.9 Å². The van der Waals surface area contributed by atoms with E-state index in [1.165, 1.54) is 41.5 Å². The van der Waals surface area contributed by atoms with Crippen LogP contribution < -0.4 is 10.1 Å². The molecule has 1 unspecified atom stereocenters. The predicted octanol–water partition coefficient (Wildman–Crippen LogP) is 6.39. The van der Waals surface area contributed by atoms with Gasteiger partial charge in [-0.15, -0.1) is 0 Å². The summed E-state index contributed by atoms with van der Waals surface area (Å²) < 4.78 is 5.46. The van der Waals surface area contributed by atoms with Crippen molar-refractivity contribution in [1.82, 2.24) is 10.2 Å². The van der Waals surface area contributed by atoms with Crippen LogP contribution in [0, 0.1) is 0 Å². The van der Waals surface area contributed by atoms with Gasteiger partial charge in [0, 0.05) is 24.4 Å². The highest BCUT2D eigenvalue weighted by molar-refractivity contribution is 5.73. The van der Waals surface area contributed by atoms with Gasteiger partial charge < -0.3 is 10.1 Å². The number of ether oxygens (including phenoxy) is 1. The normalized spacial score (nSPS) is 19.2. The van der Waals surface area contributed by atoms with E-state index in [2.05, 4.69) is 101 Å². The van der Waals surface area contributed by atoms with Crippen LogP contribution in [0.5, 0.6) is 5.75 Å². The van der Waals surface area contributed by atoms with E-state index in [9.17, 15) is 4.79 Å². The van der Waals surface area contributed by atoms with E-state index in [0.29, 0.717) is 6.54 Å². The van der Waals surface area contributed by atoms with Crippen LogP contribution in [0.15, 0.2) is 84.9 Å². The Balaban J connectivity index is 1.40. The van der Waals surface area contributed by atoms with Crippen LogP contribution in [0.1, 0.15) is 61.3 Å². The lowest BCUT2D eigenvalue weighted by atomic mass is 9.70. The molecule has 1 spiro atoms. The quantitative estimate of drug-likeness (QED) is 0.364. The molecule has 4 heteroatoms. The summed E-state index contributed by atoms with van der Waals surface area (Å²) in [7, 11) is 1.73. The fraction of sp³-hybridized carbons (Fsp3) is 0.382. The molecule has 198 valence electrons. The molecule has 1 N–H and O–H groups in total. The van der Waals surface area contributed by atoms with Gasteiger partial charge in [-0.25, -0.2) is 0 Å². The first-order chi connectivity index (χ1) is 18.5. The van der Waals surface area contributed by atoms with Gasteiger partial charge >= 0.3 is 0 Å². The molecule has 2 aliphatic rings. The molecule has 1 fully saturated rings. The molecule has 0 bridgehead atoms. The Bertz CT molecular complexity index is 1210. The van der Waals surface area contributed by atoms with Gasteiger partial charge in [-0.1, -0.05) is 85.3 Å². The number of piperidine rings is 1. The van der Waals surface area contributed by atoms with Crippen molar-refractivity contribution < 1.29 is 9.53 Å². The maximum absolute atomic E-state index is 12.1. The highest BCUT2D eigenvalue weighted by Crippen LogP contribution is 2.40. The molecule has 1 amide bonds. The van der Waals surface area contributed by atoms with Crippen molar-refractivity contribution in [3.63, 3.8) is 0 Å². The van der Waals surface area contributed by atoms with Crippen LogP contribution in [0.4, 0.5) is 0 Å². The summed E-state index contributed by atoms with van der Waals surface area (Å²) in [5, 5.41) is 3.18. The summed E-state index contributed by atoms with van der Waals surface area (Å²) in [6, 6.07) is 27.9. The lowest BCUT2D eigenvalue weighted by Gasteiger charge is -2.48. The fourth-order valence-electron chi connectivity index (χ4n) is 6.60. The average Bonchev–Trinajstić information content (AvgIpc) is 2.96. The molecular weight excluding hydrogens is 468 g/mol. The SMILES string of the molecule is COc1ccc2c(c1)C=CC1(CCCCN1CCCC(CNC(C)=O)(c1ccccc1)c1ccccc1)C2. The topological polar surface area (TPSA) is 41.6 Å². The molecule has 0 radical (unpaired) electrons.